The van der Waals surface area contributed by atoms with Crippen molar-refractivity contribution in [2.75, 3.05) is 59.4 Å². The van der Waals surface area contributed by atoms with Crippen LogP contribution in [-0.2, 0) is 28.5 Å². The number of amides is 1. The largest absolute Gasteiger partial charge is 0.394 e. The van der Waals surface area contributed by atoms with Crippen LogP contribution in [0.5, 0.6) is 0 Å². The van der Waals surface area contributed by atoms with Crippen molar-refractivity contribution in [3.8, 4) is 0 Å². The van der Waals surface area contributed by atoms with Crippen LogP contribution in [-0.4, -0.2) is 111 Å². The lowest BCUT2D eigenvalue weighted by molar-refractivity contribution is -0.272. The molecule has 1 aliphatic rings. The number of nitrogens with one attached hydrogen (secondary N) is 1. The first-order valence-electron chi connectivity index (χ1n) is 8.95. The number of carbonyl (C=O) groups excluding carboxylic acids is 1. The molecule has 1 fully saturated rings. The van der Waals surface area contributed by atoms with Gasteiger partial charge in [0.25, 0.3) is 0 Å². The minimum atomic E-state index is -1.34. The number of ether oxygens (including phenoxy) is 5. The first-order chi connectivity index (χ1) is 13.0. The van der Waals surface area contributed by atoms with Gasteiger partial charge in [0.05, 0.1) is 52.9 Å². The predicted molar refractivity (Wildman–Crippen MR) is 92.8 cm³/mol. The van der Waals surface area contributed by atoms with Crippen LogP contribution in [0.1, 0.15) is 6.92 Å². The number of rotatable bonds is 14. The van der Waals surface area contributed by atoms with E-state index in [1.165, 1.54) is 6.92 Å². The standard InChI is InChI=1S/C16H32N2O9/c1-11(20)18-13-15(22)14(21)12(10-19)27-16(13)26-9-8-25-7-6-24-5-4-23-3-2-17/h12-16,19,21-22H,2-10,17H2,1H3,(H,18,20)/t12-,13-,14+,15-,16+/m1/s1. The quantitative estimate of drug-likeness (QED) is 0.191. The maximum atomic E-state index is 11.3. The number of hydrogen-bond donors (Lipinski definition) is 5. The molecule has 0 unspecified atom stereocenters. The summed E-state index contributed by atoms with van der Waals surface area (Å²) in [6, 6.07) is -0.961. The fraction of sp³-hybridized carbons (Fsp3) is 0.938. The van der Waals surface area contributed by atoms with Crippen molar-refractivity contribution in [3.05, 3.63) is 0 Å². The molecule has 0 spiro atoms. The van der Waals surface area contributed by atoms with Gasteiger partial charge in [-0.3, -0.25) is 4.79 Å². The Morgan fingerprint density at radius 3 is 2.07 bits per heavy atom. The first kappa shape index (κ1) is 24.1. The molecule has 160 valence electrons. The first-order valence-corrected chi connectivity index (χ1v) is 8.95. The minimum absolute atomic E-state index is 0.126. The smallest absolute Gasteiger partial charge is 0.217 e. The molecular formula is C16H32N2O9. The highest BCUT2D eigenvalue weighted by Crippen LogP contribution is 2.22. The maximum absolute atomic E-state index is 11.3. The van der Waals surface area contributed by atoms with Gasteiger partial charge < -0.3 is 50.1 Å². The van der Waals surface area contributed by atoms with Gasteiger partial charge in [0.15, 0.2) is 6.29 Å². The van der Waals surface area contributed by atoms with Crippen LogP contribution in [0.2, 0.25) is 0 Å². The van der Waals surface area contributed by atoms with Crippen molar-refractivity contribution in [2.45, 2.75) is 37.6 Å². The van der Waals surface area contributed by atoms with Gasteiger partial charge in [-0.2, -0.15) is 0 Å². The second-order valence-electron chi connectivity index (χ2n) is 5.93. The van der Waals surface area contributed by atoms with Crippen LogP contribution in [0, 0.1) is 0 Å². The van der Waals surface area contributed by atoms with Gasteiger partial charge in [0.2, 0.25) is 5.91 Å². The van der Waals surface area contributed by atoms with Crippen molar-refractivity contribution in [1.82, 2.24) is 5.32 Å². The molecule has 11 heteroatoms. The molecule has 1 heterocycles. The summed E-state index contributed by atoms with van der Waals surface area (Å²) in [7, 11) is 0. The Morgan fingerprint density at radius 2 is 1.56 bits per heavy atom. The SMILES string of the molecule is CC(=O)N[C@H]1[C@@H](OCCOCCOCCOCCN)O[C@H](CO)[C@H](O)[C@@H]1O. The lowest BCUT2D eigenvalue weighted by Gasteiger charge is -2.42. The summed E-state index contributed by atoms with van der Waals surface area (Å²) in [4.78, 5) is 11.3. The molecule has 11 nitrogen and oxygen atoms in total. The Morgan fingerprint density at radius 1 is 1.00 bits per heavy atom. The number of aliphatic hydroxyl groups excluding tert-OH is 3. The van der Waals surface area contributed by atoms with E-state index in [1.54, 1.807) is 0 Å². The summed E-state index contributed by atoms with van der Waals surface area (Å²) < 4.78 is 26.7. The summed E-state index contributed by atoms with van der Waals surface area (Å²) in [6.07, 6.45) is -4.70. The van der Waals surface area contributed by atoms with Gasteiger partial charge in [-0.25, -0.2) is 0 Å². The molecule has 0 radical (unpaired) electrons. The van der Waals surface area contributed by atoms with E-state index in [0.29, 0.717) is 39.6 Å². The molecule has 1 amide bonds. The van der Waals surface area contributed by atoms with Crippen molar-refractivity contribution in [1.29, 1.82) is 0 Å². The van der Waals surface area contributed by atoms with E-state index in [9.17, 15) is 20.1 Å². The molecule has 0 saturated carbocycles. The number of carbonyl (C=O) groups is 1. The van der Waals surface area contributed by atoms with Crippen molar-refractivity contribution in [2.24, 2.45) is 5.73 Å². The zero-order chi connectivity index (χ0) is 20.1. The number of aliphatic hydroxyl groups is 3. The topological polar surface area (TPSA) is 162 Å². The molecule has 6 N–H and O–H groups in total. The minimum Gasteiger partial charge on any atom is -0.394 e. The molecular weight excluding hydrogens is 364 g/mol. The summed E-state index contributed by atoms with van der Waals surface area (Å²) in [5.74, 6) is -0.408. The molecule has 1 rings (SSSR count). The second kappa shape index (κ2) is 14.2. The maximum Gasteiger partial charge on any atom is 0.217 e. The van der Waals surface area contributed by atoms with E-state index in [1.807, 2.05) is 0 Å². The number of nitrogens with two attached hydrogens (primary N) is 1. The van der Waals surface area contributed by atoms with Gasteiger partial charge in [-0.1, -0.05) is 0 Å². The molecule has 0 aromatic carbocycles. The Hall–Kier alpha value is -0.890. The van der Waals surface area contributed by atoms with Gasteiger partial charge in [0, 0.05) is 13.5 Å². The molecule has 0 aliphatic carbocycles. The molecule has 5 atom stereocenters. The summed E-state index contributed by atoms with van der Waals surface area (Å²) in [5, 5.41) is 31.8. The van der Waals surface area contributed by atoms with E-state index in [-0.39, 0.29) is 13.2 Å². The van der Waals surface area contributed by atoms with Crippen molar-refractivity contribution in [3.63, 3.8) is 0 Å². The van der Waals surface area contributed by atoms with Crippen LogP contribution in [0.4, 0.5) is 0 Å². The van der Waals surface area contributed by atoms with E-state index >= 15 is 0 Å². The van der Waals surface area contributed by atoms with Crippen molar-refractivity contribution < 1.29 is 43.8 Å². The third-order valence-corrected chi connectivity index (χ3v) is 3.77. The fourth-order valence-electron chi connectivity index (χ4n) is 2.46. The molecule has 0 bridgehead atoms. The highest BCUT2D eigenvalue weighted by atomic mass is 16.7. The number of hydrogen-bond acceptors (Lipinski definition) is 10. The predicted octanol–water partition coefficient (Wildman–Crippen LogP) is -3.04. The highest BCUT2D eigenvalue weighted by Gasteiger charge is 2.45. The van der Waals surface area contributed by atoms with E-state index in [4.69, 9.17) is 29.4 Å². The molecule has 0 aromatic rings. The monoisotopic (exact) mass is 396 g/mol. The Bertz CT molecular complexity index is 402. The molecule has 0 aromatic heterocycles. The fourth-order valence-corrected chi connectivity index (χ4v) is 2.46. The third kappa shape index (κ3) is 9.23. The van der Waals surface area contributed by atoms with Gasteiger partial charge >= 0.3 is 0 Å². The Labute approximate surface area is 158 Å². The molecule has 27 heavy (non-hydrogen) atoms. The average molecular weight is 396 g/mol. The van der Waals surface area contributed by atoms with Crippen LogP contribution in [0.25, 0.3) is 0 Å². The average Bonchev–Trinajstić information content (AvgIpc) is 2.64. The highest BCUT2D eigenvalue weighted by molar-refractivity contribution is 5.73. The summed E-state index contributed by atoms with van der Waals surface area (Å²) in [5.41, 5.74) is 5.29. The van der Waals surface area contributed by atoms with Crippen LogP contribution in [0.3, 0.4) is 0 Å². The van der Waals surface area contributed by atoms with Crippen LogP contribution < -0.4 is 11.1 Å². The van der Waals surface area contributed by atoms with Gasteiger partial charge in [-0.15, -0.1) is 0 Å². The summed E-state index contributed by atoms with van der Waals surface area (Å²) in [6.45, 7) is 3.82. The molecule has 1 aliphatic heterocycles. The molecule has 1 saturated heterocycles. The summed E-state index contributed by atoms with van der Waals surface area (Å²) >= 11 is 0. The van der Waals surface area contributed by atoms with Crippen LogP contribution in [0.15, 0.2) is 0 Å². The van der Waals surface area contributed by atoms with E-state index < -0.39 is 43.2 Å². The Kier molecular flexibility index (Phi) is 12.7. The zero-order valence-corrected chi connectivity index (χ0v) is 15.6. The normalized spacial score (nSPS) is 28.3. The van der Waals surface area contributed by atoms with E-state index in [2.05, 4.69) is 5.32 Å². The zero-order valence-electron chi connectivity index (χ0n) is 15.6. The van der Waals surface area contributed by atoms with Gasteiger partial charge in [0.1, 0.15) is 24.4 Å². The lowest BCUT2D eigenvalue weighted by atomic mass is 9.97. The Balaban J connectivity index is 2.23. The van der Waals surface area contributed by atoms with E-state index in [0.717, 1.165) is 0 Å². The van der Waals surface area contributed by atoms with Gasteiger partial charge in [-0.05, 0) is 0 Å². The van der Waals surface area contributed by atoms with Crippen LogP contribution >= 0.6 is 0 Å². The lowest BCUT2D eigenvalue weighted by Crippen LogP contribution is -2.64. The van der Waals surface area contributed by atoms with Crippen molar-refractivity contribution >= 4 is 5.91 Å². The third-order valence-electron chi connectivity index (χ3n) is 3.77. The second-order valence-corrected chi connectivity index (χ2v) is 5.93.